The number of aromatic nitrogens is 5. The fourth-order valence-corrected chi connectivity index (χ4v) is 3.92. The molecule has 0 fully saturated rings. The molecule has 36 heavy (non-hydrogen) atoms. The molecule has 0 aliphatic carbocycles. The van der Waals surface area contributed by atoms with Gasteiger partial charge >= 0.3 is 0 Å². The van der Waals surface area contributed by atoms with Gasteiger partial charge in [-0.1, -0.05) is 6.07 Å². The van der Waals surface area contributed by atoms with E-state index < -0.39 is 12.9 Å². The lowest BCUT2D eigenvalue weighted by Crippen LogP contribution is -2.20. The number of hydrogen-bond donors (Lipinski definition) is 3. The first-order chi connectivity index (χ1) is 18.6. The summed E-state index contributed by atoms with van der Waals surface area (Å²) in [5.74, 6) is 0.953. The van der Waals surface area contributed by atoms with Crippen molar-refractivity contribution in [2.24, 2.45) is 7.05 Å². The zero-order valence-corrected chi connectivity index (χ0v) is 19.9. The van der Waals surface area contributed by atoms with Crippen LogP contribution in [0.2, 0.25) is 0 Å². The van der Waals surface area contributed by atoms with Crippen molar-refractivity contribution in [2.75, 3.05) is 24.7 Å². The highest BCUT2D eigenvalue weighted by atomic mass is 16.5. The Morgan fingerprint density at radius 3 is 2.83 bits per heavy atom. The van der Waals surface area contributed by atoms with E-state index in [0.29, 0.717) is 34.5 Å². The molecule has 4 heterocycles. The summed E-state index contributed by atoms with van der Waals surface area (Å²) >= 11 is 0. The Hall–Kier alpha value is -4.51. The second kappa shape index (κ2) is 9.62. The zero-order chi connectivity index (χ0) is 27.7. The van der Waals surface area contributed by atoms with Gasteiger partial charge in [0.05, 0.1) is 48.5 Å². The number of methoxy groups -OCH3 is 1. The van der Waals surface area contributed by atoms with Crippen LogP contribution in [0.3, 0.4) is 0 Å². The third kappa shape index (κ3) is 4.56. The van der Waals surface area contributed by atoms with Gasteiger partial charge in [0.25, 0.3) is 5.91 Å². The van der Waals surface area contributed by atoms with E-state index in [9.17, 15) is 4.79 Å². The van der Waals surface area contributed by atoms with Crippen LogP contribution in [0.15, 0.2) is 42.9 Å². The molecule has 11 heteroatoms. The molecule has 3 N–H and O–H groups in total. The van der Waals surface area contributed by atoms with Crippen LogP contribution in [0.1, 0.15) is 31.3 Å². The lowest BCUT2D eigenvalue weighted by atomic mass is 10.1. The largest absolute Gasteiger partial charge is 0.494 e. The summed E-state index contributed by atoms with van der Waals surface area (Å²) in [5, 5.41) is 12.8. The first-order valence-electron chi connectivity index (χ1n) is 12.6. The van der Waals surface area contributed by atoms with Gasteiger partial charge in [-0.25, -0.2) is 15.0 Å². The average Bonchev–Trinajstić information content (AvgIpc) is 3.30. The van der Waals surface area contributed by atoms with E-state index in [1.165, 1.54) is 13.3 Å². The number of fused-ring (bicyclic) bond motifs is 6. The van der Waals surface area contributed by atoms with Crippen molar-refractivity contribution < 1.29 is 18.4 Å². The molecule has 1 aromatic carbocycles. The third-order valence-electron chi connectivity index (χ3n) is 5.69. The number of hydrogen-bond acceptors (Lipinski definition) is 9. The quantitative estimate of drug-likeness (QED) is 0.396. The van der Waals surface area contributed by atoms with Crippen LogP contribution >= 0.6 is 0 Å². The molecule has 184 valence electrons. The van der Waals surface area contributed by atoms with Gasteiger partial charge < -0.3 is 25.4 Å². The zero-order valence-electron chi connectivity index (χ0n) is 22.9. The summed E-state index contributed by atoms with van der Waals surface area (Å²) < 4.78 is 35.8. The maximum Gasteiger partial charge on any atom is 0.254 e. The minimum absolute atomic E-state index is 0.0162. The number of aryl methyl sites for hydroxylation is 2. The standard InChI is InChI=1S/C25H26N8O3/c1-14-5-6-21-30-20(14)12-36-11-15-7-16(24-28-13-33(3)32-24)23(35-4)19(8-15)29-18-9-22(31-21)27-10-17(18)25(34)26-2/h5-10,13,29H,11-12H2,1-4H3,(H,26,34)(H,27,30,31)/i2D3. The van der Waals surface area contributed by atoms with Crippen LogP contribution in [0.5, 0.6) is 5.75 Å². The fourth-order valence-electron chi connectivity index (χ4n) is 3.92. The van der Waals surface area contributed by atoms with Gasteiger partial charge in [-0.2, -0.15) is 5.10 Å². The molecule has 0 unspecified atom stereocenters. The van der Waals surface area contributed by atoms with E-state index >= 15 is 0 Å². The molecule has 1 aliphatic rings. The van der Waals surface area contributed by atoms with Crippen LogP contribution in [0.4, 0.5) is 23.0 Å². The maximum absolute atomic E-state index is 12.9. The van der Waals surface area contributed by atoms with Gasteiger partial charge in [0.2, 0.25) is 0 Å². The predicted octanol–water partition coefficient (Wildman–Crippen LogP) is 3.47. The molecule has 0 saturated carbocycles. The summed E-state index contributed by atoms with van der Waals surface area (Å²) in [4.78, 5) is 26.3. The smallest absolute Gasteiger partial charge is 0.254 e. The monoisotopic (exact) mass is 489 g/mol. The Kier molecular flexibility index (Phi) is 5.28. The molecule has 0 atom stereocenters. The van der Waals surface area contributed by atoms with Crippen molar-refractivity contribution >= 4 is 28.9 Å². The Bertz CT molecular complexity index is 1550. The number of carbonyl (C=O) groups is 1. The molecule has 0 radical (unpaired) electrons. The molecule has 1 aliphatic heterocycles. The number of nitrogens with one attached hydrogen (secondary N) is 3. The van der Waals surface area contributed by atoms with Crippen LogP contribution in [0, 0.1) is 6.92 Å². The van der Waals surface area contributed by atoms with E-state index in [-0.39, 0.29) is 24.5 Å². The van der Waals surface area contributed by atoms with Crippen molar-refractivity contribution in [1.29, 1.82) is 0 Å². The van der Waals surface area contributed by atoms with Crippen molar-refractivity contribution in [1.82, 2.24) is 30.0 Å². The third-order valence-corrected chi connectivity index (χ3v) is 5.69. The molecule has 1 amide bonds. The minimum Gasteiger partial charge on any atom is -0.494 e. The summed E-state index contributed by atoms with van der Waals surface area (Å²) in [7, 11) is 3.28. The lowest BCUT2D eigenvalue weighted by Gasteiger charge is -2.19. The van der Waals surface area contributed by atoms with Crippen molar-refractivity contribution in [3.05, 3.63) is 65.2 Å². The normalized spacial score (nSPS) is 14.2. The number of rotatable bonds is 3. The molecule has 11 nitrogen and oxygen atoms in total. The van der Waals surface area contributed by atoms with Gasteiger partial charge in [-0.3, -0.25) is 9.48 Å². The molecular weight excluding hydrogens is 460 g/mol. The predicted molar refractivity (Wildman–Crippen MR) is 135 cm³/mol. The fraction of sp³-hybridized carbons (Fsp3) is 0.240. The molecule has 0 saturated heterocycles. The first kappa shape index (κ1) is 19.8. The highest BCUT2D eigenvalue weighted by Crippen LogP contribution is 2.39. The average molecular weight is 490 g/mol. The summed E-state index contributed by atoms with van der Waals surface area (Å²) in [6, 6.07) is 9.04. The van der Waals surface area contributed by atoms with Crippen molar-refractivity contribution in [2.45, 2.75) is 20.1 Å². The SMILES string of the molecule is [2H]C([2H])([2H])NC(=O)c1cnc2cc1Nc1cc(cc(-c3ncn(C)n3)c1OC)COCc1nc(ccc1C)N2. The van der Waals surface area contributed by atoms with Gasteiger partial charge in [0.15, 0.2) is 11.6 Å². The second-order valence-corrected chi connectivity index (χ2v) is 8.24. The maximum atomic E-state index is 12.9. The van der Waals surface area contributed by atoms with Crippen LogP contribution in [-0.2, 0) is 25.0 Å². The van der Waals surface area contributed by atoms with E-state index in [0.717, 1.165) is 16.8 Å². The van der Waals surface area contributed by atoms with Gasteiger partial charge in [-0.15, -0.1) is 0 Å². The summed E-state index contributed by atoms with van der Waals surface area (Å²) in [5.41, 5.74) is 3.90. The Balaban J connectivity index is 1.68. The molecule has 3 aromatic heterocycles. The molecule has 0 spiro atoms. The van der Waals surface area contributed by atoms with Gasteiger partial charge in [-0.05, 0) is 36.2 Å². The number of amides is 1. The Labute approximate surface area is 212 Å². The number of nitrogens with zero attached hydrogens (tertiary/aromatic N) is 5. The van der Waals surface area contributed by atoms with Gasteiger partial charge in [0.1, 0.15) is 18.0 Å². The second-order valence-electron chi connectivity index (χ2n) is 8.24. The number of anilines is 4. The first-order valence-corrected chi connectivity index (χ1v) is 11.1. The Morgan fingerprint density at radius 2 is 2.06 bits per heavy atom. The van der Waals surface area contributed by atoms with E-state index in [2.05, 4.69) is 30.7 Å². The summed E-state index contributed by atoms with van der Waals surface area (Å²) in [6.07, 6.45) is 2.88. The molecular formula is C25H26N8O3. The van der Waals surface area contributed by atoms with E-state index in [4.69, 9.17) is 13.6 Å². The molecule has 5 rings (SSSR count). The van der Waals surface area contributed by atoms with E-state index in [1.54, 1.807) is 24.1 Å². The number of carbonyl (C=O) groups excluding carboxylic acids is 1. The van der Waals surface area contributed by atoms with E-state index in [1.807, 2.05) is 36.5 Å². The number of benzene rings is 1. The molecule has 4 aromatic rings. The van der Waals surface area contributed by atoms with Crippen LogP contribution in [-0.4, -0.2) is 44.7 Å². The highest BCUT2D eigenvalue weighted by molar-refractivity contribution is 6.00. The van der Waals surface area contributed by atoms with Crippen LogP contribution in [0.25, 0.3) is 11.4 Å². The van der Waals surface area contributed by atoms with Crippen molar-refractivity contribution in [3.8, 4) is 17.1 Å². The number of ether oxygens (including phenoxy) is 2. The van der Waals surface area contributed by atoms with Crippen molar-refractivity contribution in [3.63, 3.8) is 0 Å². The number of pyridine rings is 2. The van der Waals surface area contributed by atoms with Crippen LogP contribution < -0.4 is 20.7 Å². The minimum atomic E-state index is -2.68. The Morgan fingerprint density at radius 1 is 1.17 bits per heavy atom. The lowest BCUT2D eigenvalue weighted by molar-refractivity contribution is 0.0963. The molecule has 6 bridgehead atoms. The topological polar surface area (TPSA) is 128 Å². The highest BCUT2D eigenvalue weighted by Gasteiger charge is 2.20. The summed E-state index contributed by atoms with van der Waals surface area (Å²) in [6.45, 7) is -0.212. The van der Waals surface area contributed by atoms with Gasteiger partial charge in [0, 0.05) is 30.4 Å².